The van der Waals surface area contributed by atoms with Crippen LogP contribution in [0.2, 0.25) is 0 Å². The maximum absolute atomic E-state index is 4.54. The molecule has 0 saturated carbocycles. The van der Waals surface area contributed by atoms with Gasteiger partial charge in [0.05, 0.1) is 11.6 Å². The second-order valence-electron chi connectivity index (χ2n) is 4.26. The monoisotopic (exact) mass is 241 g/mol. The molecule has 0 aliphatic carbocycles. The molecular formula is C10H15N3S2. The van der Waals surface area contributed by atoms with Gasteiger partial charge in [0, 0.05) is 22.4 Å². The number of thiazole rings is 1. The SMILES string of the molecule is Cc1ncc(CN=C2NC(C)(C)CS2)s1. The standard InChI is InChI=1S/C10H15N3S2/c1-7-11-4-8(15-7)5-12-9-13-10(2,3)6-14-9/h4H,5-6H2,1-3H3,(H,12,13). The zero-order valence-corrected chi connectivity index (χ0v) is 10.8. The number of amidine groups is 1. The van der Waals surface area contributed by atoms with Gasteiger partial charge in [-0.2, -0.15) is 0 Å². The van der Waals surface area contributed by atoms with Gasteiger partial charge in [-0.05, 0) is 20.8 Å². The first-order chi connectivity index (χ1) is 7.05. The predicted molar refractivity (Wildman–Crippen MR) is 67.7 cm³/mol. The molecule has 3 nitrogen and oxygen atoms in total. The van der Waals surface area contributed by atoms with E-state index in [0.29, 0.717) is 0 Å². The van der Waals surface area contributed by atoms with Crippen LogP contribution in [0.4, 0.5) is 0 Å². The Bertz CT molecular complexity index is 382. The van der Waals surface area contributed by atoms with E-state index in [1.165, 1.54) is 4.88 Å². The molecule has 0 amide bonds. The molecule has 1 fully saturated rings. The van der Waals surface area contributed by atoms with E-state index in [9.17, 15) is 0 Å². The number of aromatic nitrogens is 1. The molecule has 82 valence electrons. The Morgan fingerprint density at radius 1 is 1.60 bits per heavy atom. The van der Waals surface area contributed by atoms with E-state index in [1.807, 2.05) is 13.1 Å². The number of nitrogens with zero attached hydrogens (tertiary/aromatic N) is 2. The first-order valence-electron chi connectivity index (χ1n) is 4.92. The Labute approximate surface area is 98.4 Å². The number of aliphatic imine (C=N–C) groups is 1. The van der Waals surface area contributed by atoms with Crippen LogP contribution in [0.15, 0.2) is 11.2 Å². The predicted octanol–water partition coefficient (Wildman–Crippen LogP) is 2.42. The lowest BCUT2D eigenvalue weighted by atomic mass is 10.1. The van der Waals surface area contributed by atoms with E-state index in [0.717, 1.165) is 22.5 Å². The largest absolute Gasteiger partial charge is 0.359 e. The summed E-state index contributed by atoms with van der Waals surface area (Å²) in [7, 11) is 0. The van der Waals surface area contributed by atoms with E-state index < -0.39 is 0 Å². The van der Waals surface area contributed by atoms with E-state index in [-0.39, 0.29) is 5.54 Å². The zero-order valence-electron chi connectivity index (χ0n) is 9.20. The lowest BCUT2D eigenvalue weighted by molar-refractivity contribution is 0.536. The quantitative estimate of drug-likeness (QED) is 0.864. The van der Waals surface area contributed by atoms with Crippen molar-refractivity contribution < 1.29 is 0 Å². The maximum atomic E-state index is 4.54. The van der Waals surface area contributed by atoms with Crippen molar-refractivity contribution in [2.45, 2.75) is 32.9 Å². The van der Waals surface area contributed by atoms with Gasteiger partial charge in [-0.25, -0.2) is 4.98 Å². The number of aryl methyl sites for hydroxylation is 1. The highest BCUT2D eigenvalue weighted by Gasteiger charge is 2.26. The van der Waals surface area contributed by atoms with Gasteiger partial charge >= 0.3 is 0 Å². The maximum Gasteiger partial charge on any atom is 0.157 e. The number of nitrogens with one attached hydrogen (secondary N) is 1. The summed E-state index contributed by atoms with van der Waals surface area (Å²) in [4.78, 5) is 9.98. The van der Waals surface area contributed by atoms with Crippen LogP contribution in [0.3, 0.4) is 0 Å². The summed E-state index contributed by atoms with van der Waals surface area (Å²) in [6.07, 6.45) is 1.91. The minimum atomic E-state index is 0.188. The third-order valence-corrected chi connectivity index (χ3v) is 4.33. The second kappa shape index (κ2) is 4.14. The Hall–Kier alpha value is -0.550. The summed E-state index contributed by atoms with van der Waals surface area (Å²) in [5.41, 5.74) is 0.188. The molecule has 0 unspecified atom stereocenters. The first-order valence-corrected chi connectivity index (χ1v) is 6.72. The molecule has 0 spiro atoms. The van der Waals surface area contributed by atoms with Crippen molar-refractivity contribution in [3.8, 4) is 0 Å². The minimum absolute atomic E-state index is 0.188. The third-order valence-electron chi connectivity index (χ3n) is 2.06. The van der Waals surface area contributed by atoms with Crippen molar-refractivity contribution in [2.75, 3.05) is 5.75 Å². The van der Waals surface area contributed by atoms with Crippen LogP contribution in [0.25, 0.3) is 0 Å². The highest BCUT2D eigenvalue weighted by atomic mass is 32.2. The third kappa shape index (κ3) is 2.95. The van der Waals surface area contributed by atoms with Gasteiger partial charge in [0.25, 0.3) is 0 Å². The average Bonchev–Trinajstić information content (AvgIpc) is 2.69. The summed E-state index contributed by atoms with van der Waals surface area (Å²) in [6, 6.07) is 0. The van der Waals surface area contributed by atoms with Crippen LogP contribution in [-0.2, 0) is 6.54 Å². The molecule has 1 aromatic rings. The molecular weight excluding hydrogens is 226 g/mol. The summed E-state index contributed by atoms with van der Waals surface area (Å²) >= 11 is 3.51. The molecule has 5 heteroatoms. The van der Waals surface area contributed by atoms with Crippen molar-refractivity contribution in [1.82, 2.24) is 10.3 Å². The van der Waals surface area contributed by atoms with Crippen LogP contribution in [0.5, 0.6) is 0 Å². The molecule has 0 aromatic carbocycles. The lowest BCUT2D eigenvalue weighted by Crippen LogP contribution is -2.36. The molecule has 1 aromatic heterocycles. The van der Waals surface area contributed by atoms with Crippen molar-refractivity contribution in [1.29, 1.82) is 0 Å². The summed E-state index contributed by atoms with van der Waals surface area (Å²) in [6.45, 7) is 7.16. The number of rotatable bonds is 2. The second-order valence-corrected chi connectivity index (χ2v) is 6.55. The van der Waals surface area contributed by atoms with E-state index in [4.69, 9.17) is 0 Å². The molecule has 0 atom stereocenters. The van der Waals surface area contributed by atoms with Gasteiger partial charge in [-0.3, -0.25) is 4.99 Å². The van der Waals surface area contributed by atoms with E-state index >= 15 is 0 Å². The summed E-state index contributed by atoms with van der Waals surface area (Å²) < 4.78 is 0. The number of hydrogen-bond acceptors (Lipinski definition) is 4. The van der Waals surface area contributed by atoms with Gasteiger partial charge in [-0.15, -0.1) is 11.3 Å². The van der Waals surface area contributed by atoms with Gasteiger partial charge in [-0.1, -0.05) is 11.8 Å². The van der Waals surface area contributed by atoms with E-state index in [1.54, 1.807) is 23.1 Å². The van der Waals surface area contributed by atoms with Crippen molar-refractivity contribution in [2.24, 2.45) is 4.99 Å². The van der Waals surface area contributed by atoms with Crippen molar-refractivity contribution in [3.63, 3.8) is 0 Å². The molecule has 15 heavy (non-hydrogen) atoms. The van der Waals surface area contributed by atoms with Crippen LogP contribution in [-0.4, -0.2) is 21.4 Å². The van der Waals surface area contributed by atoms with Gasteiger partial charge in [0.15, 0.2) is 5.17 Å². The number of thioether (sulfide) groups is 1. The van der Waals surface area contributed by atoms with Gasteiger partial charge < -0.3 is 5.32 Å². The summed E-state index contributed by atoms with van der Waals surface area (Å²) in [5.74, 6) is 1.09. The summed E-state index contributed by atoms with van der Waals surface area (Å²) in [5, 5.41) is 5.57. The molecule has 1 saturated heterocycles. The van der Waals surface area contributed by atoms with Crippen molar-refractivity contribution in [3.05, 3.63) is 16.1 Å². The van der Waals surface area contributed by atoms with Crippen LogP contribution >= 0.6 is 23.1 Å². The lowest BCUT2D eigenvalue weighted by Gasteiger charge is -2.15. The Morgan fingerprint density at radius 2 is 2.40 bits per heavy atom. The smallest absolute Gasteiger partial charge is 0.157 e. The first kappa shape index (κ1) is 11.0. The Morgan fingerprint density at radius 3 is 2.93 bits per heavy atom. The van der Waals surface area contributed by atoms with Gasteiger partial charge in [0.1, 0.15) is 0 Å². The van der Waals surface area contributed by atoms with Gasteiger partial charge in [0.2, 0.25) is 0 Å². The molecule has 1 N–H and O–H groups in total. The van der Waals surface area contributed by atoms with Crippen LogP contribution in [0, 0.1) is 6.92 Å². The average molecular weight is 241 g/mol. The zero-order chi connectivity index (χ0) is 10.9. The Kier molecular flexibility index (Phi) is 3.02. The molecule has 1 aliphatic heterocycles. The topological polar surface area (TPSA) is 37.3 Å². The highest BCUT2D eigenvalue weighted by molar-refractivity contribution is 8.14. The van der Waals surface area contributed by atoms with Crippen molar-refractivity contribution >= 4 is 28.3 Å². The highest BCUT2D eigenvalue weighted by Crippen LogP contribution is 2.23. The van der Waals surface area contributed by atoms with Crippen LogP contribution in [0.1, 0.15) is 23.7 Å². The van der Waals surface area contributed by atoms with Crippen LogP contribution < -0.4 is 5.32 Å². The number of hydrogen-bond donors (Lipinski definition) is 1. The molecule has 0 radical (unpaired) electrons. The normalized spacial score (nSPS) is 21.9. The minimum Gasteiger partial charge on any atom is -0.359 e. The fraction of sp³-hybridized carbons (Fsp3) is 0.600. The fourth-order valence-corrected chi connectivity index (χ4v) is 3.12. The van der Waals surface area contributed by atoms with E-state index in [2.05, 4.69) is 29.1 Å². The fourth-order valence-electron chi connectivity index (χ4n) is 1.32. The molecule has 0 bridgehead atoms. The molecule has 1 aliphatic rings. The molecule has 2 heterocycles. The Balaban J connectivity index is 1.95. The molecule has 2 rings (SSSR count).